The molecular weight excluding hydrogens is 332 g/mol. The third kappa shape index (κ3) is 4.48. The minimum Gasteiger partial charge on any atom is -0.351 e. The molecule has 25 heavy (non-hydrogen) atoms. The van der Waals surface area contributed by atoms with Crippen LogP contribution in [0.15, 0.2) is 65.8 Å². The molecule has 0 fully saturated rings. The van der Waals surface area contributed by atoms with Crippen LogP contribution in [0.2, 0.25) is 0 Å². The molecule has 0 aliphatic heterocycles. The number of benzene rings is 2. The average molecular weight is 352 g/mol. The summed E-state index contributed by atoms with van der Waals surface area (Å²) in [6, 6.07) is 19.8. The van der Waals surface area contributed by atoms with E-state index < -0.39 is 0 Å². The van der Waals surface area contributed by atoms with Crippen LogP contribution in [0.5, 0.6) is 0 Å². The van der Waals surface area contributed by atoms with Crippen molar-refractivity contribution in [1.29, 1.82) is 0 Å². The zero-order chi connectivity index (χ0) is 17.5. The molecule has 1 amide bonds. The Bertz CT molecular complexity index is 818. The maximum Gasteiger partial charge on any atom is 0.230 e. The predicted octanol–water partition coefficient (Wildman–Crippen LogP) is 3.37. The average Bonchev–Trinajstić information content (AvgIpc) is 3.09. The predicted molar refractivity (Wildman–Crippen MR) is 100 cm³/mol. The fourth-order valence-corrected chi connectivity index (χ4v) is 3.29. The summed E-state index contributed by atoms with van der Waals surface area (Å²) in [4.78, 5) is 12.1. The van der Waals surface area contributed by atoms with Gasteiger partial charge in [-0.1, -0.05) is 72.4 Å². The number of aromatic nitrogens is 3. The van der Waals surface area contributed by atoms with Crippen molar-refractivity contribution in [1.82, 2.24) is 20.1 Å². The maximum absolute atomic E-state index is 12.1. The number of rotatable bonds is 7. The monoisotopic (exact) mass is 352 g/mol. The molecule has 0 saturated carbocycles. The fourth-order valence-electron chi connectivity index (χ4n) is 2.46. The van der Waals surface area contributed by atoms with E-state index >= 15 is 0 Å². The number of nitrogens with one attached hydrogen (secondary N) is 1. The van der Waals surface area contributed by atoms with E-state index in [2.05, 4.69) is 22.4 Å². The molecule has 3 aromatic rings. The number of hydrogen-bond donors (Lipinski definition) is 1. The Kier molecular flexibility index (Phi) is 5.85. The van der Waals surface area contributed by atoms with Gasteiger partial charge in [-0.15, -0.1) is 10.2 Å². The molecule has 0 spiro atoms. The molecule has 0 saturated heterocycles. The highest BCUT2D eigenvalue weighted by Crippen LogP contribution is 2.23. The molecule has 0 atom stereocenters. The Morgan fingerprint density at radius 1 is 1.04 bits per heavy atom. The lowest BCUT2D eigenvalue weighted by molar-refractivity contribution is -0.118. The summed E-state index contributed by atoms with van der Waals surface area (Å²) in [6.07, 6.45) is 0. The Labute approximate surface area is 151 Å². The van der Waals surface area contributed by atoms with Gasteiger partial charge in [-0.2, -0.15) is 0 Å². The SMILES string of the molecule is CCn1c(SCC(=O)NCc2ccccc2)nnc1-c1ccccc1. The molecule has 3 rings (SSSR count). The molecule has 0 aliphatic carbocycles. The quantitative estimate of drug-likeness (QED) is 0.662. The molecule has 0 unspecified atom stereocenters. The molecule has 2 aromatic carbocycles. The van der Waals surface area contributed by atoms with Crippen LogP contribution >= 0.6 is 11.8 Å². The van der Waals surface area contributed by atoms with Gasteiger partial charge in [0.05, 0.1) is 5.75 Å². The summed E-state index contributed by atoms with van der Waals surface area (Å²) in [5, 5.41) is 12.2. The lowest BCUT2D eigenvalue weighted by Crippen LogP contribution is -2.24. The van der Waals surface area contributed by atoms with Gasteiger partial charge in [-0.05, 0) is 12.5 Å². The van der Waals surface area contributed by atoms with E-state index in [1.807, 2.05) is 65.2 Å². The molecule has 1 aromatic heterocycles. The van der Waals surface area contributed by atoms with Crippen molar-refractivity contribution in [3.63, 3.8) is 0 Å². The van der Waals surface area contributed by atoms with Crippen molar-refractivity contribution in [2.75, 3.05) is 5.75 Å². The van der Waals surface area contributed by atoms with Crippen molar-refractivity contribution in [2.24, 2.45) is 0 Å². The van der Waals surface area contributed by atoms with Crippen LogP contribution in [-0.4, -0.2) is 26.4 Å². The highest BCUT2D eigenvalue weighted by atomic mass is 32.2. The summed E-state index contributed by atoms with van der Waals surface area (Å²) in [7, 11) is 0. The first-order chi connectivity index (χ1) is 12.3. The van der Waals surface area contributed by atoms with E-state index in [9.17, 15) is 4.79 Å². The fraction of sp³-hybridized carbons (Fsp3) is 0.211. The van der Waals surface area contributed by atoms with Gasteiger partial charge in [-0.25, -0.2) is 0 Å². The number of hydrogen-bond acceptors (Lipinski definition) is 4. The van der Waals surface area contributed by atoms with Gasteiger partial charge >= 0.3 is 0 Å². The van der Waals surface area contributed by atoms with Gasteiger partial charge in [0, 0.05) is 18.7 Å². The van der Waals surface area contributed by atoms with E-state index in [1.165, 1.54) is 11.8 Å². The van der Waals surface area contributed by atoms with Crippen LogP contribution in [0.4, 0.5) is 0 Å². The zero-order valence-corrected chi connectivity index (χ0v) is 14.9. The molecule has 1 N–H and O–H groups in total. The minimum absolute atomic E-state index is 0.0132. The largest absolute Gasteiger partial charge is 0.351 e. The first-order valence-electron chi connectivity index (χ1n) is 8.20. The topological polar surface area (TPSA) is 59.8 Å². The van der Waals surface area contributed by atoms with Crippen LogP contribution in [-0.2, 0) is 17.9 Å². The first kappa shape index (κ1) is 17.2. The van der Waals surface area contributed by atoms with Crippen LogP contribution in [0, 0.1) is 0 Å². The van der Waals surface area contributed by atoms with E-state index in [0.29, 0.717) is 12.3 Å². The third-order valence-corrected chi connectivity index (χ3v) is 4.70. The standard InChI is InChI=1S/C19H20N4OS/c1-2-23-18(16-11-7-4-8-12-16)21-22-19(23)25-14-17(24)20-13-15-9-5-3-6-10-15/h3-12H,2,13-14H2,1H3,(H,20,24). The smallest absolute Gasteiger partial charge is 0.230 e. The van der Waals surface area contributed by atoms with Crippen LogP contribution in [0.25, 0.3) is 11.4 Å². The van der Waals surface area contributed by atoms with Gasteiger partial charge in [0.25, 0.3) is 0 Å². The molecule has 5 nitrogen and oxygen atoms in total. The van der Waals surface area contributed by atoms with Crippen LogP contribution in [0.3, 0.4) is 0 Å². The Balaban J connectivity index is 1.60. The Morgan fingerprint density at radius 2 is 1.72 bits per heavy atom. The first-order valence-corrected chi connectivity index (χ1v) is 9.18. The van der Waals surface area contributed by atoms with Crippen molar-refractivity contribution in [3.8, 4) is 11.4 Å². The van der Waals surface area contributed by atoms with Crippen LogP contribution in [0.1, 0.15) is 12.5 Å². The highest BCUT2D eigenvalue weighted by molar-refractivity contribution is 7.99. The van der Waals surface area contributed by atoms with E-state index in [4.69, 9.17) is 0 Å². The van der Waals surface area contributed by atoms with Gasteiger partial charge < -0.3 is 9.88 Å². The summed E-state index contributed by atoms with van der Waals surface area (Å²) in [5.41, 5.74) is 2.11. The highest BCUT2D eigenvalue weighted by Gasteiger charge is 2.14. The van der Waals surface area contributed by atoms with E-state index in [-0.39, 0.29) is 5.91 Å². The molecule has 0 radical (unpaired) electrons. The Morgan fingerprint density at radius 3 is 2.40 bits per heavy atom. The summed E-state index contributed by atoms with van der Waals surface area (Å²) in [5.74, 6) is 1.14. The van der Waals surface area contributed by atoms with Crippen molar-refractivity contribution in [3.05, 3.63) is 66.2 Å². The van der Waals surface area contributed by atoms with Gasteiger partial charge in [-0.3, -0.25) is 4.79 Å². The van der Waals surface area contributed by atoms with Gasteiger partial charge in [0.15, 0.2) is 11.0 Å². The second-order valence-corrected chi connectivity index (χ2v) is 6.41. The van der Waals surface area contributed by atoms with Crippen molar-refractivity contribution < 1.29 is 4.79 Å². The summed E-state index contributed by atoms with van der Waals surface area (Å²) in [6.45, 7) is 3.34. The number of thioether (sulfide) groups is 1. The number of carbonyl (C=O) groups excluding carboxylic acids is 1. The molecular formula is C19H20N4OS. The molecule has 0 bridgehead atoms. The van der Waals surface area contributed by atoms with Crippen LogP contribution < -0.4 is 5.32 Å². The lowest BCUT2D eigenvalue weighted by atomic mass is 10.2. The second-order valence-electron chi connectivity index (χ2n) is 5.47. The minimum atomic E-state index is -0.0132. The molecule has 1 heterocycles. The van der Waals surface area contributed by atoms with Crippen molar-refractivity contribution >= 4 is 17.7 Å². The van der Waals surface area contributed by atoms with E-state index in [0.717, 1.165) is 28.7 Å². The second kappa shape index (κ2) is 8.48. The van der Waals surface area contributed by atoms with Gasteiger partial charge in [0.1, 0.15) is 0 Å². The number of nitrogens with zero attached hydrogens (tertiary/aromatic N) is 3. The summed E-state index contributed by atoms with van der Waals surface area (Å²) < 4.78 is 2.03. The lowest BCUT2D eigenvalue weighted by Gasteiger charge is -2.08. The molecule has 128 valence electrons. The summed E-state index contributed by atoms with van der Waals surface area (Å²) >= 11 is 1.41. The van der Waals surface area contributed by atoms with Gasteiger partial charge in [0.2, 0.25) is 5.91 Å². The zero-order valence-electron chi connectivity index (χ0n) is 14.1. The normalized spacial score (nSPS) is 10.6. The number of carbonyl (C=O) groups is 1. The molecule has 0 aliphatic rings. The molecule has 6 heteroatoms. The van der Waals surface area contributed by atoms with E-state index in [1.54, 1.807) is 0 Å². The maximum atomic E-state index is 12.1. The third-order valence-electron chi connectivity index (χ3n) is 3.73. The Hall–Kier alpha value is -2.60. The number of amides is 1. The van der Waals surface area contributed by atoms with Crippen molar-refractivity contribution in [2.45, 2.75) is 25.2 Å².